The van der Waals surface area contributed by atoms with Gasteiger partial charge in [-0.25, -0.2) is 37.5 Å². The van der Waals surface area contributed by atoms with Gasteiger partial charge in [0.25, 0.3) is 48.4 Å². The number of aliphatic hydroxyl groups excluding tert-OH is 3. The third-order valence-electron chi connectivity index (χ3n) is 11.7. The Balaban J connectivity index is 0.868. The average molecular weight is 1160 g/mol. The molecule has 3 fully saturated rings. The molecule has 76 heavy (non-hydrogen) atoms. The summed E-state index contributed by atoms with van der Waals surface area (Å²) in [6.07, 6.45) is -17.6. The first-order valence-corrected chi connectivity index (χ1v) is 27.3. The second kappa shape index (κ2) is 20.9. The van der Waals surface area contributed by atoms with Gasteiger partial charge in [0, 0.05) is 14.2 Å². The predicted molar refractivity (Wildman–Crippen MR) is 234 cm³/mol. The molecule has 0 saturated carbocycles. The summed E-state index contributed by atoms with van der Waals surface area (Å²) >= 11 is 0. The summed E-state index contributed by atoms with van der Waals surface area (Å²) in [6, 6.07) is 0. The Morgan fingerprint density at radius 1 is 0.750 bits per heavy atom. The van der Waals surface area contributed by atoms with Gasteiger partial charge >= 0.3 is 5.65 Å². The number of aromatic nitrogens is 12. The van der Waals surface area contributed by atoms with Crippen LogP contribution in [0.2, 0.25) is 0 Å². The van der Waals surface area contributed by atoms with Crippen LogP contribution in [0.1, 0.15) is 18.7 Å². The maximum absolute atomic E-state index is 15.3. The van der Waals surface area contributed by atoms with E-state index in [-0.39, 0.29) is 51.2 Å². The van der Waals surface area contributed by atoms with Crippen molar-refractivity contribution >= 4 is 82.5 Å². The summed E-state index contributed by atoms with van der Waals surface area (Å²) < 4.78 is 122. The lowest BCUT2D eigenvalue weighted by molar-refractivity contribution is -0.745. The number of alkyl halides is 1. The molecule has 9 heterocycles. The Morgan fingerprint density at radius 2 is 1.34 bits per heavy atom. The number of aryl methyl sites for hydroxylation is 1. The van der Waals surface area contributed by atoms with E-state index in [9.17, 15) is 62.7 Å². The van der Waals surface area contributed by atoms with Crippen molar-refractivity contribution in [3.8, 4) is 0 Å². The average Bonchev–Trinajstić information content (AvgIpc) is 4.19. The number of imidazole rings is 3. The Labute approximate surface area is 420 Å². The third kappa shape index (κ3) is 11.0. The molecular weight excluding hydrogens is 1120 g/mol. The highest BCUT2D eigenvalue weighted by atomic mass is 31.3. The number of hydrogen-bond donors (Lipinski definition) is 8. The van der Waals surface area contributed by atoms with E-state index in [4.69, 9.17) is 44.0 Å². The number of nitrogen functional groups attached to an aromatic ring is 2. The molecule has 0 bridgehead atoms. The largest absolute Gasteiger partial charge is 0.756 e. The molecule has 0 aliphatic carbocycles. The fraction of sp³-hybridized carbons (Fsp3) is 0.545. The highest BCUT2D eigenvalue weighted by Crippen LogP contribution is 2.63. The van der Waals surface area contributed by atoms with E-state index in [0.717, 1.165) is 35.2 Å². The number of rotatable bonds is 20. The van der Waals surface area contributed by atoms with E-state index in [1.165, 1.54) is 29.6 Å². The fourth-order valence-electron chi connectivity index (χ4n) is 8.40. The molecule has 10 N–H and O–H groups in total. The van der Waals surface area contributed by atoms with Crippen LogP contribution in [0.15, 0.2) is 34.9 Å². The summed E-state index contributed by atoms with van der Waals surface area (Å²) in [5.41, 5.74) is 9.31. The monoisotopic (exact) mass is 1160 g/mol. The van der Waals surface area contributed by atoms with Crippen molar-refractivity contribution in [2.45, 2.75) is 73.7 Å². The molecule has 3 aliphatic rings. The number of nitrogens with two attached hydrogens (primary N) is 2. The molecule has 3 saturated heterocycles. The number of H-pyrrole nitrogens is 2. The second-order valence-electron chi connectivity index (χ2n) is 16.5. The normalized spacial score (nSPS) is 30.2. The maximum Gasteiger partial charge on any atom is 0.313 e. The van der Waals surface area contributed by atoms with Gasteiger partial charge < -0.3 is 88.7 Å². The number of hydrogen-bond acceptors (Lipinski definition) is 32. The van der Waals surface area contributed by atoms with Crippen molar-refractivity contribution in [1.82, 2.24) is 53.6 Å². The van der Waals surface area contributed by atoms with E-state index in [1.54, 1.807) is 0 Å². The van der Waals surface area contributed by atoms with Gasteiger partial charge in [-0.3, -0.25) is 51.5 Å². The van der Waals surface area contributed by atoms with Gasteiger partial charge in [0.2, 0.25) is 17.7 Å². The van der Waals surface area contributed by atoms with Crippen molar-refractivity contribution in [3.05, 3.63) is 46.0 Å². The first-order chi connectivity index (χ1) is 35.7. The van der Waals surface area contributed by atoms with Crippen molar-refractivity contribution in [3.63, 3.8) is 0 Å². The van der Waals surface area contributed by atoms with Gasteiger partial charge in [-0.15, -0.1) is 0 Å². The fourth-order valence-corrected chi connectivity index (χ4v) is 12.7. The molecule has 0 aromatic carbocycles. The summed E-state index contributed by atoms with van der Waals surface area (Å²) in [5.74, 6) is -0.479. The summed E-state index contributed by atoms with van der Waals surface area (Å²) in [5, 5.41) is 35.1. The zero-order valence-corrected chi connectivity index (χ0v) is 42.2. The zero-order valence-electron chi connectivity index (χ0n) is 38.7. The van der Waals surface area contributed by atoms with E-state index < -0.39 is 136 Å². The topological polar surface area (TPSA) is 539 Å². The van der Waals surface area contributed by atoms with Crippen LogP contribution in [0.4, 0.5) is 22.1 Å². The SMILES string of the molecule is CNc1ncnc2c1ncn2[C@@H]1O[C@H](COP(=O)([O-])OP(=O)([O-])OP(=O)([O-])OC[C@H]2O[C@@H]([n+]3cn(C)c4c(=O)[nH]c(N)nc43)[C@@H](O)C2F)[C@H](OP(=O)([O-])OC[C@H]2O[C@@H](n3cnc4c(=O)[nH]c(N)nc43)C(O)[C@H]2O)C1OC. The van der Waals surface area contributed by atoms with Gasteiger partial charge in [0.15, 0.2) is 47.6 Å². The molecule has 38 nitrogen and oxygen atoms in total. The molecule has 43 heteroatoms. The molecule has 0 amide bonds. The van der Waals surface area contributed by atoms with Crippen LogP contribution in [-0.4, -0.2) is 158 Å². The number of ether oxygens (including phenoxy) is 4. The minimum atomic E-state index is -6.62. The summed E-state index contributed by atoms with van der Waals surface area (Å²) in [7, 11) is -21.0. The van der Waals surface area contributed by atoms with Crippen molar-refractivity contribution in [1.29, 1.82) is 0 Å². The summed E-state index contributed by atoms with van der Waals surface area (Å²) in [4.78, 5) is 105. The molecule has 16 atom stereocenters. The van der Waals surface area contributed by atoms with Crippen LogP contribution in [0.5, 0.6) is 0 Å². The van der Waals surface area contributed by atoms with Crippen LogP contribution < -0.4 is 52.0 Å². The highest BCUT2D eigenvalue weighted by Gasteiger charge is 2.52. The Morgan fingerprint density at radius 3 is 2.01 bits per heavy atom. The number of aliphatic hydroxyl groups is 3. The van der Waals surface area contributed by atoms with E-state index in [2.05, 4.69) is 58.3 Å². The van der Waals surface area contributed by atoms with Crippen molar-refractivity contribution < 1.29 is 108 Å². The molecule has 3 aliphatic heterocycles. The quantitative estimate of drug-likeness (QED) is 0.0261. The lowest BCUT2D eigenvalue weighted by Gasteiger charge is -2.35. The standard InChI is InChI=1S/C33H44FN15O23P4/c1-37-23-15-24(39-7-38-23)47(8-40-15)31-22(63-3)21(70-73(55,56)64-5-12-18(50)20(52)30(68-12)48-9-41-16-25(48)42-32(35)44-27(16)53)13(69-31)6-66-75(59,60)72-76(61,62)71-74(57,58)65-4-11-14(34)19(51)29(67-11)49-10-46(2)17-26(49)43-33(36)45-28(17)54/h7-14,18-22,29-31,50-52H,4-6H2,1-3H3,(H10-,35,36,37,38,39,42,43,44,45,53,54,55,56,57,58,59,60,61,62)/p-3/t11-,12-,13-,14?,18+,19+,20?,21+,22?,29-,30-,31-/m1/s1. The van der Waals surface area contributed by atoms with Crippen molar-refractivity contribution in [2.24, 2.45) is 7.05 Å². The first kappa shape index (κ1) is 55.6. The lowest BCUT2D eigenvalue weighted by atomic mass is 10.1. The number of phosphoric acid groups is 4. The Bertz CT molecular complexity index is 3490. The lowest BCUT2D eigenvalue weighted by Crippen LogP contribution is -2.45. The molecule has 6 aromatic rings. The number of methoxy groups -OCH3 is 1. The number of phosphoric ester groups is 3. The number of nitrogens with zero attached hydrogens (tertiary/aromatic N) is 10. The smallest absolute Gasteiger partial charge is 0.313 e. The Hall–Kier alpha value is -5.18. The van der Waals surface area contributed by atoms with E-state index >= 15 is 4.39 Å². The number of fused-ring (bicyclic) bond motifs is 3. The molecule has 0 spiro atoms. The zero-order chi connectivity index (χ0) is 55.0. The van der Waals surface area contributed by atoms with Gasteiger partial charge in [0.05, 0.1) is 39.5 Å². The van der Waals surface area contributed by atoms with Crippen molar-refractivity contribution in [2.75, 3.05) is 50.8 Å². The van der Waals surface area contributed by atoms with Crippen LogP contribution in [0, 0.1) is 0 Å². The first-order valence-electron chi connectivity index (χ1n) is 21.5. The molecule has 0 radical (unpaired) electrons. The number of nitrogens with one attached hydrogen (secondary N) is 3. The van der Waals surface area contributed by atoms with E-state index in [0.29, 0.717) is 0 Å². The molecule has 416 valence electrons. The predicted octanol–water partition coefficient (Wildman–Crippen LogP) is -5.80. The highest BCUT2D eigenvalue weighted by molar-refractivity contribution is 7.65. The van der Waals surface area contributed by atoms with E-state index in [1.807, 2.05) is 0 Å². The van der Waals surface area contributed by atoms with Gasteiger partial charge in [-0.05, 0) is 0 Å². The van der Waals surface area contributed by atoms with Crippen LogP contribution in [-0.2, 0) is 71.0 Å². The number of anilines is 3. The molecule has 6 aromatic heterocycles. The van der Waals surface area contributed by atoms with Gasteiger partial charge in [0.1, 0.15) is 60.7 Å². The minimum absolute atomic E-state index is 0.0374. The Kier molecular flexibility index (Phi) is 15.3. The number of aromatic amines is 2. The molecule has 7 unspecified atom stereocenters. The third-order valence-corrected chi connectivity index (χ3v) is 16.8. The minimum Gasteiger partial charge on any atom is -0.756 e. The van der Waals surface area contributed by atoms with Crippen LogP contribution in [0.25, 0.3) is 33.5 Å². The van der Waals surface area contributed by atoms with Gasteiger partial charge in [-0.1, -0.05) is 4.98 Å². The summed E-state index contributed by atoms with van der Waals surface area (Å²) in [6.45, 7) is -3.85. The molecule has 9 rings (SSSR count). The second-order valence-corrected chi connectivity index (χ2v) is 22.4. The van der Waals surface area contributed by atoms with Crippen LogP contribution >= 0.6 is 31.3 Å². The maximum atomic E-state index is 15.3. The number of halogens is 1. The van der Waals surface area contributed by atoms with Gasteiger partial charge in [-0.2, -0.15) is 4.98 Å². The molecular formula is C33H41FN15O23P4-3. The van der Waals surface area contributed by atoms with Crippen LogP contribution in [0.3, 0.4) is 0 Å².